The molecule has 21 heavy (non-hydrogen) atoms. The molecule has 112 valence electrons. The van der Waals surface area contributed by atoms with Crippen LogP contribution in [0.5, 0.6) is 0 Å². The maximum atomic E-state index is 12.3. The lowest BCUT2D eigenvalue weighted by Gasteiger charge is -2.06. The molecule has 0 bridgehead atoms. The summed E-state index contributed by atoms with van der Waals surface area (Å²) >= 11 is 5.08. The van der Waals surface area contributed by atoms with E-state index >= 15 is 0 Å². The van der Waals surface area contributed by atoms with Gasteiger partial charge in [-0.25, -0.2) is 13.1 Å². The topological polar surface area (TPSA) is 46.2 Å². The van der Waals surface area contributed by atoms with E-state index in [9.17, 15) is 8.42 Å². The summed E-state index contributed by atoms with van der Waals surface area (Å²) in [6.45, 7) is 0.375. The molecule has 1 N–H and O–H groups in total. The summed E-state index contributed by atoms with van der Waals surface area (Å²) in [7, 11) is -3.43. The largest absolute Gasteiger partial charge is 0.240 e. The molecule has 1 aromatic heterocycles. The van der Waals surface area contributed by atoms with E-state index in [1.807, 2.05) is 12.1 Å². The minimum Gasteiger partial charge on any atom is -0.207 e. The Morgan fingerprint density at radius 1 is 1.19 bits per heavy atom. The molecule has 0 fully saturated rings. The molecule has 0 saturated heterocycles. The third kappa shape index (κ3) is 3.39. The molecule has 3 nitrogen and oxygen atoms in total. The standard InChI is InChI=1S/C15H16BrNO2S2/c16-9-11-4-6-14(7-5-11)21(18,19)17-10-13-8-12-2-1-3-15(12)20-13/h4-8,17H,1-3,9-10H2. The molecule has 0 spiro atoms. The fraction of sp³-hybridized carbons (Fsp3) is 0.333. The van der Waals surface area contributed by atoms with E-state index in [0.717, 1.165) is 28.6 Å². The first kappa shape index (κ1) is 15.2. The summed E-state index contributed by atoms with van der Waals surface area (Å²) in [4.78, 5) is 2.84. The number of benzene rings is 1. The summed E-state index contributed by atoms with van der Waals surface area (Å²) in [5, 5.41) is 0.724. The van der Waals surface area contributed by atoms with Gasteiger partial charge in [-0.05, 0) is 48.6 Å². The predicted molar refractivity (Wildman–Crippen MR) is 89.4 cm³/mol. The Morgan fingerprint density at radius 3 is 2.62 bits per heavy atom. The van der Waals surface area contributed by atoms with Crippen LogP contribution in [0.1, 0.15) is 27.3 Å². The predicted octanol–water partition coefficient (Wildman–Crippen LogP) is 3.61. The number of hydrogen-bond donors (Lipinski definition) is 1. The second-order valence-corrected chi connectivity index (χ2v) is 8.67. The highest BCUT2D eigenvalue weighted by molar-refractivity contribution is 9.08. The van der Waals surface area contributed by atoms with Gasteiger partial charge < -0.3 is 0 Å². The molecule has 2 aromatic rings. The molecular formula is C15H16BrNO2S2. The third-order valence-electron chi connectivity index (χ3n) is 3.62. The average Bonchev–Trinajstić information content (AvgIpc) is 3.06. The van der Waals surface area contributed by atoms with Gasteiger partial charge in [-0.15, -0.1) is 11.3 Å². The zero-order valence-corrected chi connectivity index (χ0v) is 14.7. The van der Waals surface area contributed by atoms with Crippen molar-refractivity contribution < 1.29 is 8.42 Å². The molecule has 0 unspecified atom stereocenters. The van der Waals surface area contributed by atoms with Gasteiger partial charge in [-0.1, -0.05) is 28.1 Å². The van der Waals surface area contributed by atoms with Crippen molar-refractivity contribution in [1.82, 2.24) is 4.72 Å². The van der Waals surface area contributed by atoms with Crippen molar-refractivity contribution >= 4 is 37.3 Å². The van der Waals surface area contributed by atoms with Crippen molar-refractivity contribution in [2.24, 2.45) is 0 Å². The highest BCUT2D eigenvalue weighted by atomic mass is 79.9. The summed E-state index contributed by atoms with van der Waals surface area (Å²) in [5.41, 5.74) is 2.46. The van der Waals surface area contributed by atoms with Gasteiger partial charge in [0.25, 0.3) is 0 Å². The summed E-state index contributed by atoms with van der Waals surface area (Å²) < 4.78 is 27.2. The van der Waals surface area contributed by atoms with E-state index in [0.29, 0.717) is 11.4 Å². The Labute approximate surface area is 137 Å². The van der Waals surface area contributed by atoms with Crippen molar-refractivity contribution in [2.45, 2.75) is 36.0 Å². The average molecular weight is 386 g/mol. The number of hydrogen-bond acceptors (Lipinski definition) is 3. The Bertz CT molecular complexity index is 714. The summed E-state index contributed by atoms with van der Waals surface area (Å²) in [5.74, 6) is 0. The quantitative estimate of drug-likeness (QED) is 0.798. The fourth-order valence-electron chi connectivity index (χ4n) is 2.48. The van der Waals surface area contributed by atoms with Gasteiger partial charge in [0.05, 0.1) is 4.90 Å². The first-order valence-electron chi connectivity index (χ1n) is 6.83. The fourth-order valence-corrected chi connectivity index (χ4v) is 5.16. The number of alkyl halides is 1. The second-order valence-electron chi connectivity index (χ2n) is 5.12. The summed E-state index contributed by atoms with van der Waals surface area (Å²) in [6.07, 6.45) is 3.50. The molecule has 0 radical (unpaired) electrons. The molecule has 6 heteroatoms. The van der Waals surface area contributed by atoms with E-state index in [4.69, 9.17) is 0 Å². The molecule has 0 aliphatic heterocycles. The van der Waals surface area contributed by atoms with Gasteiger partial charge in [0.1, 0.15) is 0 Å². The SMILES string of the molecule is O=S(=O)(NCc1cc2c(s1)CCC2)c1ccc(CBr)cc1. The highest BCUT2D eigenvalue weighted by Gasteiger charge is 2.17. The third-order valence-corrected chi connectivity index (χ3v) is 6.92. The molecular weight excluding hydrogens is 370 g/mol. The molecule has 1 aliphatic rings. The lowest BCUT2D eigenvalue weighted by molar-refractivity contribution is 0.582. The molecule has 0 saturated carbocycles. The van der Waals surface area contributed by atoms with Crippen LogP contribution in [0.3, 0.4) is 0 Å². The Morgan fingerprint density at radius 2 is 1.95 bits per heavy atom. The molecule has 1 aliphatic carbocycles. The highest BCUT2D eigenvalue weighted by Crippen LogP contribution is 2.30. The van der Waals surface area contributed by atoms with Crippen molar-refractivity contribution in [3.63, 3.8) is 0 Å². The van der Waals surface area contributed by atoms with Crippen LogP contribution in [0, 0.1) is 0 Å². The Hall–Kier alpha value is -0.690. The van der Waals surface area contributed by atoms with Crippen LogP contribution >= 0.6 is 27.3 Å². The maximum Gasteiger partial charge on any atom is 0.240 e. The molecule has 3 rings (SSSR count). The maximum absolute atomic E-state index is 12.3. The monoisotopic (exact) mass is 385 g/mol. The molecule has 0 atom stereocenters. The van der Waals surface area contributed by atoms with Gasteiger partial charge in [0, 0.05) is 21.6 Å². The van der Waals surface area contributed by atoms with E-state index < -0.39 is 10.0 Å². The molecule has 1 aromatic carbocycles. The Balaban J connectivity index is 1.70. The van der Waals surface area contributed by atoms with Crippen molar-refractivity contribution in [3.8, 4) is 0 Å². The van der Waals surface area contributed by atoms with Crippen LogP contribution in [0.2, 0.25) is 0 Å². The number of fused-ring (bicyclic) bond motifs is 1. The van der Waals surface area contributed by atoms with Crippen LogP contribution in [0.25, 0.3) is 0 Å². The number of nitrogens with one attached hydrogen (secondary N) is 1. The first-order valence-corrected chi connectivity index (χ1v) is 10.3. The van der Waals surface area contributed by atoms with Crippen molar-refractivity contribution in [2.75, 3.05) is 0 Å². The van der Waals surface area contributed by atoms with Gasteiger partial charge in [-0.3, -0.25) is 0 Å². The van der Waals surface area contributed by atoms with E-state index in [2.05, 4.69) is 26.7 Å². The zero-order valence-electron chi connectivity index (χ0n) is 11.4. The van der Waals surface area contributed by atoms with Gasteiger partial charge >= 0.3 is 0 Å². The van der Waals surface area contributed by atoms with Gasteiger partial charge in [0.2, 0.25) is 10.0 Å². The Kier molecular flexibility index (Phi) is 4.49. The van der Waals surface area contributed by atoms with E-state index in [1.165, 1.54) is 16.9 Å². The van der Waals surface area contributed by atoms with Crippen molar-refractivity contribution in [3.05, 3.63) is 51.2 Å². The van der Waals surface area contributed by atoms with Gasteiger partial charge in [0.15, 0.2) is 0 Å². The van der Waals surface area contributed by atoms with Crippen LogP contribution in [-0.4, -0.2) is 8.42 Å². The smallest absolute Gasteiger partial charge is 0.207 e. The first-order chi connectivity index (χ1) is 10.1. The van der Waals surface area contributed by atoms with Crippen LogP contribution in [0.15, 0.2) is 35.2 Å². The minimum absolute atomic E-state index is 0.316. The number of thiophene rings is 1. The van der Waals surface area contributed by atoms with Crippen LogP contribution in [0.4, 0.5) is 0 Å². The summed E-state index contributed by atoms with van der Waals surface area (Å²) in [6, 6.07) is 9.08. The lowest BCUT2D eigenvalue weighted by Crippen LogP contribution is -2.22. The number of rotatable bonds is 5. The number of sulfonamides is 1. The van der Waals surface area contributed by atoms with Crippen LogP contribution in [-0.2, 0) is 34.7 Å². The molecule has 1 heterocycles. The van der Waals surface area contributed by atoms with E-state index in [-0.39, 0.29) is 0 Å². The second kappa shape index (κ2) is 6.20. The van der Waals surface area contributed by atoms with E-state index in [1.54, 1.807) is 23.5 Å². The number of aryl methyl sites for hydroxylation is 2. The minimum atomic E-state index is -3.43. The normalized spacial score (nSPS) is 14.3. The zero-order chi connectivity index (χ0) is 14.9. The van der Waals surface area contributed by atoms with Gasteiger partial charge in [-0.2, -0.15) is 0 Å². The van der Waals surface area contributed by atoms with Crippen molar-refractivity contribution in [1.29, 1.82) is 0 Å². The molecule has 0 amide bonds. The lowest BCUT2D eigenvalue weighted by atomic mass is 10.2. The number of halogens is 1. The van der Waals surface area contributed by atoms with Crippen LogP contribution < -0.4 is 4.72 Å².